The van der Waals surface area contributed by atoms with Crippen molar-refractivity contribution in [2.24, 2.45) is 5.73 Å². The molecular formula is C15H21N5O8. The van der Waals surface area contributed by atoms with Crippen LogP contribution in [0.15, 0.2) is 4.52 Å². The summed E-state index contributed by atoms with van der Waals surface area (Å²) in [5.74, 6) is -3.62. The number of likely N-dealkylation sites (tertiary alicyclic amines) is 1. The maximum absolute atomic E-state index is 12.4. The first kappa shape index (κ1) is 21.1. The zero-order valence-electron chi connectivity index (χ0n) is 14.8. The second-order valence-corrected chi connectivity index (χ2v) is 6.32. The zero-order valence-corrected chi connectivity index (χ0v) is 14.8. The first-order valence-electron chi connectivity index (χ1n) is 8.51. The van der Waals surface area contributed by atoms with Gasteiger partial charge in [0.25, 0.3) is 0 Å². The van der Waals surface area contributed by atoms with Gasteiger partial charge in [-0.3, -0.25) is 9.59 Å². The van der Waals surface area contributed by atoms with Crippen LogP contribution in [0.1, 0.15) is 55.9 Å². The van der Waals surface area contributed by atoms with E-state index in [1.165, 1.54) is 4.90 Å². The number of nitrogens with zero attached hydrogens (tertiary/aromatic N) is 3. The van der Waals surface area contributed by atoms with Crippen molar-refractivity contribution < 1.29 is 39.0 Å². The molecule has 2 heterocycles. The van der Waals surface area contributed by atoms with Crippen LogP contribution in [0, 0.1) is 0 Å². The maximum atomic E-state index is 12.4. The lowest BCUT2D eigenvalue weighted by Gasteiger charge is -2.24. The number of carbonyl (C=O) groups is 4. The average molecular weight is 399 g/mol. The Labute approximate surface area is 158 Å². The molecule has 0 spiro atoms. The minimum absolute atomic E-state index is 0.0959. The fourth-order valence-electron chi connectivity index (χ4n) is 2.81. The summed E-state index contributed by atoms with van der Waals surface area (Å²) in [4.78, 5) is 50.4. The highest BCUT2D eigenvalue weighted by Crippen LogP contribution is 2.31. The Morgan fingerprint density at radius 3 is 2.57 bits per heavy atom. The van der Waals surface area contributed by atoms with Crippen LogP contribution in [-0.4, -0.2) is 66.9 Å². The Morgan fingerprint density at radius 2 is 1.96 bits per heavy atom. The third-order valence-electron chi connectivity index (χ3n) is 4.23. The molecule has 1 aliphatic rings. The summed E-state index contributed by atoms with van der Waals surface area (Å²) < 4.78 is 5.15. The van der Waals surface area contributed by atoms with E-state index in [2.05, 4.69) is 15.5 Å². The van der Waals surface area contributed by atoms with Gasteiger partial charge in [0.2, 0.25) is 5.89 Å². The number of aliphatic carboxylic acids is 3. The van der Waals surface area contributed by atoms with Gasteiger partial charge in [-0.1, -0.05) is 5.16 Å². The Morgan fingerprint density at radius 1 is 1.25 bits per heavy atom. The minimum atomic E-state index is -1.58. The van der Waals surface area contributed by atoms with Crippen LogP contribution < -0.4 is 11.1 Å². The highest BCUT2D eigenvalue weighted by atomic mass is 16.5. The minimum Gasteiger partial charge on any atom is -0.481 e. The molecule has 0 radical (unpaired) electrons. The third-order valence-corrected chi connectivity index (χ3v) is 4.23. The van der Waals surface area contributed by atoms with Crippen LogP contribution in [0.25, 0.3) is 0 Å². The quantitative estimate of drug-likeness (QED) is 0.364. The van der Waals surface area contributed by atoms with Crippen molar-refractivity contribution in [3.8, 4) is 0 Å². The van der Waals surface area contributed by atoms with E-state index in [4.69, 9.17) is 25.6 Å². The molecule has 2 rings (SSSR count). The van der Waals surface area contributed by atoms with E-state index in [1.54, 1.807) is 0 Å². The molecule has 0 aromatic carbocycles. The molecule has 1 aromatic rings. The molecule has 13 heteroatoms. The topological polar surface area (TPSA) is 209 Å². The van der Waals surface area contributed by atoms with Crippen molar-refractivity contribution in [3.63, 3.8) is 0 Å². The van der Waals surface area contributed by atoms with E-state index in [1.807, 2.05) is 0 Å². The van der Waals surface area contributed by atoms with Gasteiger partial charge in [-0.2, -0.15) is 4.98 Å². The van der Waals surface area contributed by atoms with E-state index in [-0.39, 0.29) is 24.6 Å². The summed E-state index contributed by atoms with van der Waals surface area (Å²) in [6, 6.07) is -3.70. The van der Waals surface area contributed by atoms with Crippen molar-refractivity contribution in [2.45, 2.75) is 50.2 Å². The molecule has 28 heavy (non-hydrogen) atoms. The molecule has 1 aromatic heterocycles. The molecule has 13 nitrogen and oxygen atoms in total. The number of rotatable bonds is 9. The summed E-state index contributed by atoms with van der Waals surface area (Å²) in [5.41, 5.74) is 5.83. The molecule has 1 fully saturated rings. The van der Waals surface area contributed by atoms with Gasteiger partial charge in [0.15, 0.2) is 5.82 Å². The molecule has 1 aliphatic heterocycles. The fourth-order valence-corrected chi connectivity index (χ4v) is 2.81. The number of amides is 2. The highest BCUT2D eigenvalue weighted by molar-refractivity contribution is 5.86. The Balaban J connectivity index is 2.05. The zero-order chi connectivity index (χ0) is 20.8. The number of hydrogen-bond acceptors (Lipinski definition) is 8. The van der Waals surface area contributed by atoms with Crippen LogP contribution in [0.5, 0.6) is 0 Å². The monoisotopic (exact) mass is 399 g/mol. The number of hydrogen-bond donors (Lipinski definition) is 5. The summed E-state index contributed by atoms with van der Waals surface area (Å²) in [6.45, 7) is 0.290. The van der Waals surface area contributed by atoms with Gasteiger partial charge in [-0.15, -0.1) is 0 Å². The van der Waals surface area contributed by atoms with E-state index in [0.29, 0.717) is 19.4 Å². The summed E-state index contributed by atoms with van der Waals surface area (Å²) in [6.07, 6.45) is 0.262. The van der Waals surface area contributed by atoms with Gasteiger partial charge in [0.1, 0.15) is 12.1 Å². The number of urea groups is 1. The van der Waals surface area contributed by atoms with E-state index < -0.39 is 48.5 Å². The molecule has 0 aliphatic carbocycles. The highest BCUT2D eigenvalue weighted by Gasteiger charge is 2.36. The molecule has 3 atom stereocenters. The van der Waals surface area contributed by atoms with Gasteiger partial charge in [0.05, 0.1) is 12.5 Å². The van der Waals surface area contributed by atoms with E-state index in [9.17, 15) is 19.2 Å². The number of carboxylic acid groups (broad SMARTS) is 3. The number of carboxylic acids is 3. The van der Waals surface area contributed by atoms with Crippen LogP contribution in [0.4, 0.5) is 4.79 Å². The summed E-state index contributed by atoms with van der Waals surface area (Å²) in [5, 5.41) is 32.4. The van der Waals surface area contributed by atoms with Gasteiger partial charge >= 0.3 is 23.9 Å². The van der Waals surface area contributed by atoms with Crippen molar-refractivity contribution >= 4 is 23.9 Å². The third kappa shape index (κ3) is 5.39. The maximum Gasteiger partial charge on any atom is 0.326 e. The lowest BCUT2D eigenvalue weighted by molar-refractivity contribution is -0.145. The van der Waals surface area contributed by atoms with Crippen molar-refractivity contribution in [3.05, 3.63) is 11.7 Å². The predicted octanol–water partition coefficient (Wildman–Crippen LogP) is -0.291. The summed E-state index contributed by atoms with van der Waals surface area (Å²) in [7, 11) is 0. The molecule has 1 unspecified atom stereocenters. The largest absolute Gasteiger partial charge is 0.481 e. The van der Waals surface area contributed by atoms with E-state index >= 15 is 0 Å². The fraction of sp³-hybridized carbons (Fsp3) is 0.600. The van der Waals surface area contributed by atoms with Crippen LogP contribution in [-0.2, 0) is 14.4 Å². The van der Waals surface area contributed by atoms with E-state index in [0.717, 1.165) is 0 Å². The van der Waals surface area contributed by atoms with Gasteiger partial charge in [-0.05, 0) is 19.3 Å². The normalized spacial score (nSPS) is 18.5. The lowest BCUT2D eigenvalue weighted by Crippen LogP contribution is -2.48. The molecular weight excluding hydrogens is 378 g/mol. The lowest BCUT2D eigenvalue weighted by atomic mass is 10.1. The number of nitrogens with two attached hydrogens (primary N) is 1. The first-order valence-corrected chi connectivity index (χ1v) is 8.51. The molecule has 6 N–H and O–H groups in total. The van der Waals surface area contributed by atoms with Crippen LogP contribution in [0.3, 0.4) is 0 Å². The smallest absolute Gasteiger partial charge is 0.326 e. The Bertz CT molecular complexity index is 751. The van der Waals surface area contributed by atoms with Crippen LogP contribution in [0.2, 0.25) is 0 Å². The molecule has 154 valence electrons. The number of aromatic nitrogens is 2. The first-order chi connectivity index (χ1) is 13.2. The number of nitrogens with one attached hydrogen (secondary N) is 1. The average Bonchev–Trinajstić information content (AvgIpc) is 3.27. The SMILES string of the molecule is N[C@@H](CCC(=O)O)c1noc(C2CCCN2C(=O)N[C@@H](CC(=O)O)C(=O)O)n1. The van der Waals surface area contributed by atoms with Crippen molar-refractivity contribution in [2.75, 3.05) is 6.54 Å². The van der Waals surface area contributed by atoms with Gasteiger partial charge in [-0.25, -0.2) is 9.59 Å². The van der Waals surface area contributed by atoms with Crippen LogP contribution >= 0.6 is 0 Å². The van der Waals surface area contributed by atoms with Gasteiger partial charge < -0.3 is 35.8 Å². The Kier molecular flexibility index (Phi) is 6.87. The molecule has 2 amide bonds. The number of carbonyl (C=O) groups excluding carboxylic acids is 1. The molecule has 0 bridgehead atoms. The van der Waals surface area contributed by atoms with Crippen molar-refractivity contribution in [1.29, 1.82) is 0 Å². The Hall–Kier alpha value is -3.22. The standard InChI is InChI=1S/C15H21N5O8/c16-7(3-4-10(21)22)12-18-13(28-19-12)9-2-1-5-20(9)15(27)17-8(14(25)26)6-11(23)24/h7-9H,1-6,16H2,(H,17,27)(H,21,22)(H,23,24)(H,25,26)/t7-,8-,9?/m0/s1. The predicted molar refractivity (Wildman–Crippen MR) is 89.0 cm³/mol. The molecule has 0 saturated carbocycles. The second-order valence-electron chi connectivity index (χ2n) is 6.32. The van der Waals surface area contributed by atoms with Crippen molar-refractivity contribution in [1.82, 2.24) is 20.4 Å². The second kappa shape index (κ2) is 9.12. The molecule has 1 saturated heterocycles. The van der Waals surface area contributed by atoms with Gasteiger partial charge in [0, 0.05) is 13.0 Å². The summed E-state index contributed by atoms with van der Waals surface area (Å²) >= 11 is 0.